The summed E-state index contributed by atoms with van der Waals surface area (Å²) in [5.74, 6) is 0.158. The monoisotopic (exact) mass is 367 g/mol. The highest BCUT2D eigenvalue weighted by molar-refractivity contribution is 8.00. The Kier molecular flexibility index (Phi) is 7.40. The van der Waals surface area contributed by atoms with Crippen LogP contribution in [-0.4, -0.2) is 34.9 Å². The Hall–Kier alpha value is -1.23. The van der Waals surface area contributed by atoms with Gasteiger partial charge in [-0.15, -0.1) is 24.2 Å². The van der Waals surface area contributed by atoms with Crippen molar-refractivity contribution in [3.63, 3.8) is 0 Å². The first-order chi connectivity index (χ1) is 11.2. The Balaban J connectivity index is 0.00000208. The summed E-state index contributed by atoms with van der Waals surface area (Å²) in [6.07, 6.45) is 3.36. The first kappa shape index (κ1) is 19.1. The molecule has 1 fully saturated rings. The Labute approximate surface area is 153 Å². The molecule has 2 aromatic rings. The average molecular weight is 368 g/mol. The lowest BCUT2D eigenvalue weighted by Gasteiger charge is -2.31. The molecule has 24 heavy (non-hydrogen) atoms. The molecule has 2 aromatic carbocycles. The molecule has 1 aliphatic rings. The van der Waals surface area contributed by atoms with Crippen molar-refractivity contribution in [3.05, 3.63) is 59.9 Å². The van der Waals surface area contributed by atoms with Gasteiger partial charge >= 0.3 is 0 Å². The molecule has 1 heterocycles. The Morgan fingerprint density at radius 1 is 1.00 bits per heavy atom. The molecule has 0 saturated carbocycles. The van der Waals surface area contributed by atoms with E-state index in [1.807, 2.05) is 36.0 Å². The van der Waals surface area contributed by atoms with E-state index in [9.17, 15) is 9.50 Å². The third-order valence-electron chi connectivity index (χ3n) is 4.30. The number of phenolic OH excluding ortho intramolecular Hbond substituents is 1. The SMILES string of the molecule is Cl.Oc1ccc(SC2CCN(CCc3ccc(F)cc3)CC2)cc1. The number of likely N-dealkylation sites (tertiary alicyclic amines) is 1. The highest BCUT2D eigenvalue weighted by atomic mass is 35.5. The molecule has 1 N–H and O–H groups in total. The predicted octanol–water partition coefficient (Wildman–Crippen LogP) is 4.75. The van der Waals surface area contributed by atoms with E-state index < -0.39 is 0 Å². The zero-order valence-corrected chi connectivity index (χ0v) is 15.2. The average Bonchev–Trinajstić information content (AvgIpc) is 2.58. The van der Waals surface area contributed by atoms with Crippen molar-refractivity contribution in [2.75, 3.05) is 19.6 Å². The van der Waals surface area contributed by atoms with E-state index in [-0.39, 0.29) is 18.2 Å². The second-order valence-electron chi connectivity index (χ2n) is 6.03. The van der Waals surface area contributed by atoms with Crippen LogP contribution in [0.25, 0.3) is 0 Å². The summed E-state index contributed by atoms with van der Waals surface area (Å²) in [5, 5.41) is 9.98. The van der Waals surface area contributed by atoms with Crippen LogP contribution in [0.2, 0.25) is 0 Å². The summed E-state index contributed by atoms with van der Waals surface area (Å²) in [7, 11) is 0. The normalized spacial score (nSPS) is 15.9. The maximum atomic E-state index is 12.9. The van der Waals surface area contributed by atoms with Gasteiger partial charge < -0.3 is 10.0 Å². The summed E-state index contributed by atoms with van der Waals surface area (Å²) in [5.41, 5.74) is 1.20. The molecule has 5 heteroatoms. The van der Waals surface area contributed by atoms with Gasteiger partial charge in [0.1, 0.15) is 11.6 Å². The molecule has 0 bridgehead atoms. The van der Waals surface area contributed by atoms with E-state index in [4.69, 9.17) is 0 Å². The van der Waals surface area contributed by atoms with Gasteiger partial charge in [0.2, 0.25) is 0 Å². The molecular formula is C19H23ClFNOS. The van der Waals surface area contributed by atoms with E-state index in [1.54, 1.807) is 12.1 Å². The third-order valence-corrected chi connectivity index (χ3v) is 5.65. The van der Waals surface area contributed by atoms with Gasteiger partial charge in [-0.1, -0.05) is 12.1 Å². The fourth-order valence-corrected chi connectivity index (χ4v) is 4.03. The molecule has 1 saturated heterocycles. The zero-order valence-electron chi connectivity index (χ0n) is 13.5. The van der Waals surface area contributed by atoms with Gasteiger partial charge in [0.25, 0.3) is 0 Å². The fraction of sp³-hybridized carbons (Fsp3) is 0.368. The largest absolute Gasteiger partial charge is 0.508 e. The van der Waals surface area contributed by atoms with E-state index >= 15 is 0 Å². The molecule has 2 nitrogen and oxygen atoms in total. The minimum absolute atomic E-state index is 0. The number of piperidine rings is 1. The topological polar surface area (TPSA) is 23.5 Å². The number of nitrogens with zero attached hydrogens (tertiary/aromatic N) is 1. The molecular weight excluding hydrogens is 345 g/mol. The van der Waals surface area contributed by atoms with Crippen molar-refractivity contribution in [1.82, 2.24) is 4.90 Å². The molecule has 0 amide bonds. The summed E-state index contributed by atoms with van der Waals surface area (Å²) >= 11 is 1.91. The summed E-state index contributed by atoms with van der Waals surface area (Å²) in [6.45, 7) is 3.29. The molecule has 0 aromatic heterocycles. The first-order valence-corrected chi connectivity index (χ1v) is 8.99. The first-order valence-electron chi connectivity index (χ1n) is 8.11. The standard InChI is InChI=1S/C19H22FNOS.ClH/c20-16-3-1-15(2-4-16)9-12-21-13-10-19(11-14-21)23-18-7-5-17(22)6-8-18;/h1-8,19,22H,9-14H2;1H. The number of phenols is 1. The lowest BCUT2D eigenvalue weighted by atomic mass is 10.1. The quantitative estimate of drug-likeness (QED) is 0.824. The van der Waals surface area contributed by atoms with Crippen LogP contribution in [0.1, 0.15) is 18.4 Å². The van der Waals surface area contributed by atoms with Crippen LogP contribution < -0.4 is 0 Å². The lowest BCUT2D eigenvalue weighted by Crippen LogP contribution is -2.36. The molecule has 130 valence electrons. The summed E-state index contributed by atoms with van der Waals surface area (Å²) in [6, 6.07) is 14.3. The van der Waals surface area contributed by atoms with Crippen molar-refractivity contribution in [2.24, 2.45) is 0 Å². The zero-order chi connectivity index (χ0) is 16.1. The van der Waals surface area contributed by atoms with E-state index in [1.165, 1.54) is 35.4 Å². The second-order valence-corrected chi connectivity index (χ2v) is 7.40. The van der Waals surface area contributed by atoms with Crippen molar-refractivity contribution in [3.8, 4) is 5.75 Å². The number of hydrogen-bond donors (Lipinski definition) is 1. The Bertz CT molecular complexity index is 612. The Morgan fingerprint density at radius 2 is 1.62 bits per heavy atom. The van der Waals surface area contributed by atoms with Crippen molar-refractivity contribution < 1.29 is 9.50 Å². The van der Waals surface area contributed by atoms with Gasteiger partial charge in [0.15, 0.2) is 0 Å². The van der Waals surface area contributed by atoms with Crippen molar-refractivity contribution in [1.29, 1.82) is 0 Å². The fourth-order valence-electron chi connectivity index (χ4n) is 2.91. The second kappa shape index (κ2) is 9.30. The molecule has 0 unspecified atom stereocenters. The van der Waals surface area contributed by atoms with Gasteiger partial charge in [-0.2, -0.15) is 0 Å². The lowest BCUT2D eigenvalue weighted by molar-refractivity contribution is 0.235. The highest BCUT2D eigenvalue weighted by Gasteiger charge is 2.19. The van der Waals surface area contributed by atoms with Crippen molar-refractivity contribution in [2.45, 2.75) is 29.4 Å². The van der Waals surface area contributed by atoms with Crippen LogP contribution >= 0.6 is 24.2 Å². The van der Waals surface area contributed by atoms with Gasteiger partial charge in [-0.05, 0) is 74.3 Å². The maximum Gasteiger partial charge on any atom is 0.123 e. The minimum atomic E-state index is -0.166. The number of benzene rings is 2. The molecule has 0 aliphatic carbocycles. The Morgan fingerprint density at radius 3 is 2.25 bits per heavy atom. The smallest absolute Gasteiger partial charge is 0.123 e. The van der Waals surface area contributed by atoms with Gasteiger partial charge in [-0.3, -0.25) is 0 Å². The van der Waals surface area contributed by atoms with Crippen LogP contribution in [0.5, 0.6) is 5.75 Å². The molecule has 0 spiro atoms. The number of thioether (sulfide) groups is 1. The van der Waals surface area contributed by atoms with E-state index in [0.29, 0.717) is 11.0 Å². The summed E-state index contributed by atoms with van der Waals surface area (Å²) in [4.78, 5) is 3.73. The number of aromatic hydroxyl groups is 1. The maximum absolute atomic E-state index is 12.9. The molecule has 0 radical (unpaired) electrons. The van der Waals surface area contributed by atoms with Crippen LogP contribution in [0.3, 0.4) is 0 Å². The highest BCUT2D eigenvalue weighted by Crippen LogP contribution is 2.31. The number of hydrogen-bond acceptors (Lipinski definition) is 3. The molecule has 0 atom stereocenters. The van der Waals surface area contributed by atoms with E-state index in [2.05, 4.69) is 4.90 Å². The van der Waals surface area contributed by atoms with Crippen LogP contribution in [-0.2, 0) is 6.42 Å². The van der Waals surface area contributed by atoms with Gasteiger partial charge in [-0.25, -0.2) is 4.39 Å². The number of rotatable bonds is 5. The predicted molar refractivity (Wildman–Crippen MR) is 101 cm³/mol. The van der Waals surface area contributed by atoms with Crippen LogP contribution in [0.15, 0.2) is 53.4 Å². The summed E-state index contributed by atoms with van der Waals surface area (Å²) < 4.78 is 12.9. The van der Waals surface area contributed by atoms with Gasteiger partial charge in [0.05, 0.1) is 0 Å². The van der Waals surface area contributed by atoms with Crippen LogP contribution in [0, 0.1) is 5.82 Å². The van der Waals surface area contributed by atoms with E-state index in [0.717, 1.165) is 26.1 Å². The van der Waals surface area contributed by atoms with Crippen molar-refractivity contribution >= 4 is 24.2 Å². The molecule has 1 aliphatic heterocycles. The van der Waals surface area contributed by atoms with Crippen LogP contribution in [0.4, 0.5) is 4.39 Å². The van der Waals surface area contributed by atoms with Gasteiger partial charge in [0, 0.05) is 16.7 Å². The molecule has 3 rings (SSSR count). The third kappa shape index (κ3) is 5.69. The number of halogens is 2. The minimum Gasteiger partial charge on any atom is -0.508 e.